The van der Waals surface area contributed by atoms with Crippen molar-refractivity contribution >= 4 is 17.5 Å². The van der Waals surface area contributed by atoms with E-state index >= 15 is 0 Å². The summed E-state index contributed by atoms with van der Waals surface area (Å²) in [4.78, 5) is 29.7. The molecule has 0 fully saturated rings. The largest absolute Gasteiger partial charge is 0.497 e. The molecule has 5 nitrogen and oxygen atoms in total. The number of benzene rings is 2. The zero-order chi connectivity index (χ0) is 20.4. The Labute approximate surface area is 166 Å². The van der Waals surface area contributed by atoms with Crippen LogP contribution in [0.3, 0.4) is 0 Å². The van der Waals surface area contributed by atoms with Crippen molar-refractivity contribution in [3.63, 3.8) is 0 Å². The second-order valence-electron chi connectivity index (χ2n) is 7.38. The molecule has 0 saturated carbocycles. The maximum absolute atomic E-state index is 13.4. The zero-order valence-corrected chi connectivity index (χ0v) is 17.0. The van der Waals surface area contributed by atoms with Gasteiger partial charge in [-0.3, -0.25) is 14.5 Å². The van der Waals surface area contributed by atoms with E-state index in [0.717, 1.165) is 16.8 Å². The monoisotopic (exact) mass is 378 g/mol. The van der Waals surface area contributed by atoms with Crippen LogP contribution in [0.15, 0.2) is 54.9 Å². The third-order valence-corrected chi connectivity index (χ3v) is 5.05. The number of anilines is 1. The molecule has 146 valence electrons. The fourth-order valence-corrected chi connectivity index (χ4v) is 3.62. The van der Waals surface area contributed by atoms with Gasteiger partial charge in [-0.25, -0.2) is 0 Å². The third-order valence-electron chi connectivity index (χ3n) is 5.05. The van der Waals surface area contributed by atoms with Crippen molar-refractivity contribution in [3.8, 4) is 5.75 Å². The third kappa shape index (κ3) is 3.52. The van der Waals surface area contributed by atoms with Gasteiger partial charge in [0.1, 0.15) is 11.8 Å². The molecule has 0 aromatic heterocycles. The number of amides is 2. The molecule has 0 bridgehead atoms. The molecule has 0 radical (unpaired) electrons. The minimum Gasteiger partial charge on any atom is -0.497 e. The molecule has 2 aromatic rings. The van der Waals surface area contributed by atoms with Crippen LogP contribution in [0.5, 0.6) is 5.75 Å². The Hall–Kier alpha value is -3.08. The summed E-state index contributed by atoms with van der Waals surface area (Å²) in [6.07, 6.45) is 3.41. The number of nitrogens with zero attached hydrogens (tertiary/aromatic N) is 2. The predicted molar refractivity (Wildman–Crippen MR) is 110 cm³/mol. The van der Waals surface area contributed by atoms with Crippen molar-refractivity contribution in [1.29, 1.82) is 0 Å². The second-order valence-corrected chi connectivity index (χ2v) is 7.38. The number of hydrogen-bond acceptors (Lipinski definition) is 3. The summed E-state index contributed by atoms with van der Waals surface area (Å²) in [5.74, 6) is 0.346. The lowest BCUT2D eigenvalue weighted by molar-refractivity contribution is -0.123. The number of carbonyl (C=O) groups is 2. The Morgan fingerprint density at radius 2 is 1.61 bits per heavy atom. The van der Waals surface area contributed by atoms with Crippen LogP contribution >= 0.6 is 0 Å². The van der Waals surface area contributed by atoms with Gasteiger partial charge in [-0.05, 0) is 55.2 Å². The van der Waals surface area contributed by atoms with Crippen LogP contribution in [0.2, 0.25) is 0 Å². The molecule has 2 aromatic carbocycles. The maximum atomic E-state index is 13.4. The van der Waals surface area contributed by atoms with Gasteiger partial charge in [-0.2, -0.15) is 0 Å². The van der Waals surface area contributed by atoms with Gasteiger partial charge in [-0.1, -0.05) is 32.0 Å². The second kappa shape index (κ2) is 7.89. The Kier molecular flexibility index (Phi) is 5.54. The van der Waals surface area contributed by atoms with Gasteiger partial charge in [0.15, 0.2) is 0 Å². The lowest BCUT2D eigenvalue weighted by atomic mass is 9.97. The first-order chi connectivity index (χ1) is 13.3. The van der Waals surface area contributed by atoms with Crippen LogP contribution in [0, 0.1) is 19.8 Å². The summed E-state index contributed by atoms with van der Waals surface area (Å²) < 4.78 is 5.16. The minimum absolute atomic E-state index is 0.0357. The standard InChI is InChI=1S/C23H26N2O3/c1-15(2)20-23(27)25(21-16(3)7-6-8-17(21)4)14-13-24(20)22(26)18-9-11-19(28-5)12-10-18/h6-15,20H,1-5H3. The summed E-state index contributed by atoms with van der Waals surface area (Å²) in [5.41, 5.74) is 3.45. The summed E-state index contributed by atoms with van der Waals surface area (Å²) in [6.45, 7) is 7.89. The summed E-state index contributed by atoms with van der Waals surface area (Å²) in [5, 5.41) is 0. The van der Waals surface area contributed by atoms with Gasteiger partial charge in [0.05, 0.1) is 12.8 Å². The number of hydrogen-bond donors (Lipinski definition) is 0. The molecule has 1 atom stereocenters. The first-order valence-corrected chi connectivity index (χ1v) is 9.39. The molecule has 1 heterocycles. The van der Waals surface area contributed by atoms with Crippen molar-refractivity contribution in [2.24, 2.45) is 5.92 Å². The van der Waals surface area contributed by atoms with Gasteiger partial charge in [0.25, 0.3) is 11.8 Å². The Morgan fingerprint density at radius 3 is 2.14 bits per heavy atom. The van der Waals surface area contributed by atoms with Crippen molar-refractivity contribution in [2.45, 2.75) is 33.7 Å². The Bertz CT molecular complexity index is 896. The van der Waals surface area contributed by atoms with E-state index in [2.05, 4.69) is 0 Å². The lowest BCUT2D eigenvalue weighted by Crippen LogP contribution is -2.53. The van der Waals surface area contributed by atoms with E-state index in [1.54, 1.807) is 53.6 Å². The summed E-state index contributed by atoms with van der Waals surface area (Å²) in [7, 11) is 1.58. The highest BCUT2D eigenvalue weighted by molar-refractivity contribution is 6.06. The van der Waals surface area contributed by atoms with Crippen LogP contribution in [0.1, 0.15) is 35.3 Å². The van der Waals surface area contributed by atoms with Gasteiger partial charge in [-0.15, -0.1) is 0 Å². The van der Waals surface area contributed by atoms with E-state index in [0.29, 0.717) is 11.3 Å². The molecule has 1 aliphatic rings. The van der Waals surface area contributed by atoms with E-state index in [1.807, 2.05) is 45.9 Å². The molecule has 0 spiro atoms. The van der Waals surface area contributed by atoms with Crippen molar-refractivity contribution in [2.75, 3.05) is 12.0 Å². The van der Waals surface area contributed by atoms with Crippen LogP contribution in [0.25, 0.3) is 0 Å². The van der Waals surface area contributed by atoms with Gasteiger partial charge < -0.3 is 9.64 Å². The highest BCUT2D eigenvalue weighted by atomic mass is 16.5. The minimum atomic E-state index is -0.571. The predicted octanol–water partition coefficient (Wildman–Crippen LogP) is 4.30. The Morgan fingerprint density at radius 1 is 1.00 bits per heavy atom. The van der Waals surface area contributed by atoms with E-state index in [-0.39, 0.29) is 17.7 Å². The van der Waals surface area contributed by atoms with Gasteiger partial charge in [0.2, 0.25) is 0 Å². The fraction of sp³-hybridized carbons (Fsp3) is 0.304. The Balaban J connectivity index is 1.99. The molecular formula is C23H26N2O3. The van der Waals surface area contributed by atoms with E-state index in [4.69, 9.17) is 4.74 Å². The SMILES string of the molecule is COc1ccc(C(=O)N2C=CN(c3c(C)cccc3C)C(=O)C2C(C)C)cc1. The fourth-order valence-electron chi connectivity index (χ4n) is 3.62. The summed E-state index contributed by atoms with van der Waals surface area (Å²) >= 11 is 0. The topological polar surface area (TPSA) is 49.9 Å². The molecule has 0 saturated heterocycles. The van der Waals surface area contributed by atoms with Crippen LogP contribution in [0.4, 0.5) is 5.69 Å². The lowest BCUT2D eigenvalue weighted by Gasteiger charge is -2.38. The molecule has 2 amide bonds. The van der Waals surface area contributed by atoms with Crippen LogP contribution in [-0.2, 0) is 4.79 Å². The molecular weight excluding hydrogens is 352 g/mol. The summed E-state index contributed by atoms with van der Waals surface area (Å²) in [6, 6.07) is 12.3. The van der Waals surface area contributed by atoms with E-state index in [1.165, 1.54) is 0 Å². The van der Waals surface area contributed by atoms with E-state index in [9.17, 15) is 9.59 Å². The number of aryl methyl sites for hydroxylation is 2. The maximum Gasteiger partial charge on any atom is 0.258 e. The number of ether oxygens (including phenoxy) is 1. The van der Waals surface area contributed by atoms with Crippen LogP contribution in [-0.4, -0.2) is 29.9 Å². The number of rotatable bonds is 4. The number of methoxy groups -OCH3 is 1. The smallest absolute Gasteiger partial charge is 0.258 e. The quantitative estimate of drug-likeness (QED) is 0.797. The highest BCUT2D eigenvalue weighted by Gasteiger charge is 2.38. The van der Waals surface area contributed by atoms with Crippen molar-refractivity contribution < 1.29 is 14.3 Å². The highest BCUT2D eigenvalue weighted by Crippen LogP contribution is 2.31. The van der Waals surface area contributed by atoms with Gasteiger partial charge in [0, 0.05) is 18.0 Å². The molecule has 0 aliphatic carbocycles. The average Bonchev–Trinajstić information content (AvgIpc) is 2.68. The van der Waals surface area contributed by atoms with Crippen molar-refractivity contribution in [3.05, 3.63) is 71.6 Å². The van der Waals surface area contributed by atoms with E-state index < -0.39 is 6.04 Å². The molecule has 1 aliphatic heterocycles. The molecule has 28 heavy (non-hydrogen) atoms. The first-order valence-electron chi connectivity index (χ1n) is 9.39. The molecule has 5 heteroatoms. The van der Waals surface area contributed by atoms with Crippen molar-refractivity contribution in [1.82, 2.24) is 4.90 Å². The normalized spacial score (nSPS) is 16.6. The first kappa shape index (κ1) is 19.7. The average molecular weight is 378 g/mol. The number of carbonyl (C=O) groups excluding carboxylic acids is 2. The van der Waals surface area contributed by atoms with Crippen LogP contribution < -0.4 is 9.64 Å². The number of para-hydroxylation sites is 1. The molecule has 1 unspecified atom stereocenters. The molecule has 0 N–H and O–H groups in total. The molecule has 3 rings (SSSR count). The van der Waals surface area contributed by atoms with Gasteiger partial charge >= 0.3 is 0 Å². The zero-order valence-electron chi connectivity index (χ0n) is 17.0.